The van der Waals surface area contributed by atoms with Crippen LogP contribution in [0.25, 0.3) is 0 Å². The van der Waals surface area contributed by atoms with Crippen molar-refractivity contribution in [2.45, 2.75) is 46.2 Å². The average Bonchev–Trinajstić information content (AvgIpc) is 2.92. The Hall–Kier alpha value is -2.41. The molecule has 1 aromatic heterocycles. The Labute approximate surface area is 164 Å². The Morgan fingerprint density at radius 1 is 1.26 bits per heavy atom. The molecule has 1 saturated carbocycles. The lowest BCUT2D eigenvalue weighted by Crippen LogP contribution is -2.36. The number of thiazole rings is 1. The highest BCUT2D eigenvalue weighted by Gasteiger charge is 2.25. The monoisotopic (exact) mass is 385 g/mol. The van der Waals surface area contributed by atoms with Crippen molar-refractivity contribution in [3.63, 3.8) is 0 Å². The number of carbonyl (C=O) groups excluding carboxylic acids is 1. The Bertz CT molecular complexity index is 806. The minimum absolute atomic E-state index is 0.137. The molecule has 0 unspecified atom stereocenters. The number of hydrogen-bond acceptors (Lipinski definition) is 4. The van der Waals surface area contributed by atoms with Crippen molar-refractivity contribution < 1.29 is 4.79 Å². The number of hydrogen-bond donors (Lipinski definition) is 3. The molecule has 1 fully saturated rings. The van der Waals surface area contributed by atoms with Crippen molar-refractivity contribution in [3.8, 4) is 0 Å². The number of nitrogens with zero attached hydrogens (tertiary/aromatic N) is 2. The maximum absolute atomic E-state index is 12.1. The lowest BCUT2D eigenvalue weighted by atomic mass is 9.85. The van der Waals surface area contributed by atoms with Gasteiger partial charge in [0, 0.05) is 30.1 Å². The zero-order valence-corrected chi connectivity index (χ0v) is 16.9. The molecule has 3 N–H and O–H groups in total. The third-order valence-electron chi connectivity index (χ3n) is 4.83. The first-order valence-corrected chi connectivity index (χ1v) is 10.1. The fourth-order valence-corrected chi connectivity index (χ4v) is 3.73. The van der Waals surface area contributed by atoms with Gasteiger partial charge in [-0.2, -0.15) is 0 Å². The van der Waals surface area contributed by atoms with Crippen LogP contribution in [0.1, 0.15) is 40.4 Å². The third-order valence-corrected chi connectivity index (χ3v) is 5.91. The van der Waals surface area contributed by atoms with E-state index in [4.69, 9.17) is 0 Å². The lowest BCUT2D eigenvalue weighted by Gasteiger charge is -2.24. The number of nitrogens with one attached hydrogen (secondary N) is 3. The number of aryl methyl sites for hydroxylation is 2. The van der Waals surface area contributed by atoms with E-state index in [9.17, 15) is 4.79 Å². The summed E-state index contributed by atoms with van der Waals surface area (Å²) in [5, 5.41) is 10.7. The molecule has 2 aromatic rings. The highest BCUT2D eigenvalue weighted by atomic mass is 32.1. The molecule has 0 aliphatic heterocycles. The van der Waals surface area contributed by atoms with Crippen LogP contribution in [-0.4, -0.2) is 23.9 Å². The summed E-state index contributed by atoms with van der Waals surface area (Å²) in [4.78, 5) is 22.1. The largest absolute Gasteiger partial charge is 0.352 e. The first kappa shape index (κ1) is 19.4. The van der Waals surface area contributed by atoms with Crippen LogP contribution in [0.5, 0.6) is 0 Å². The fraction of sp³-hybridized carbons (Fsp3) is 0.450. The van der Waals surface area contributed by atoms with Gasteiger partial charge in [-0.3, -0.25) is 9.79 Å². The first-order valence-electron chi connectivity index (χ1n) is 9.32. The van der Waals surface area contributed by atoms with Crippen LogP contribution in [0.4, 0.5) is 5.69 Å². The molecular formula is C20H27N5OS. The Kier molecular flexibility index (Phi) is 6.45. The number of rotatable bonds is 6. The van der Waals surface area contributed by atoms with Crippen LogP contribution >= 0.6 is 11.3 Å². The van der Waals surface area contributed by atoms with Crippen LogP contribution < -0.4 is 16.0 Å². The van der Waals surface area contributed by atoms with Crippen molar-refractivity contribution in [3.05, 3.63) is 45.4 Å². The number of anilines is 1. The van der Waals surface area contributed by atoms with Gasteiger partial charge < -0.3 is 16.0 Å². The molecule has 1 aromatic carbocycles. The van der Waals surface area contributed by atoms with Gasteiger partial charge in [-0.1, -0.05) is 18.6 Å². The van der Waals surface area contributed by atoms with Crippen LogP contribution in [-0.2, 0) is 17.9 Å². The summed E-state index contributed by atoms with van der Waals surface area (Å²) in [5.74, 6) is 1.05. The van der Waals surface area contributed by atoms with Crippen molar-refractivity contribution in [1.82, 2.24) is 15.6 Å². The summed E-state index contributed by atoms with van der Waals surface area (Å²) < 4.78 is 0. The van der Waals surface area contributed by atoms with Gasteiger partial charge >= 0.3 is 0 Å². The second kappa shape index (κ2) is 8.99. The number of aromatic nitrogens is 1. The van der Waals surface area contributed by atoms with E-state index in [1.807, 2.05) is 31.2 Å². The molecular weight excluding hydrogens is 358 g/mol. The topological polar surface area (TPSA) is 78.4 Å². The maximum Gasteiger partial charge on any atom is 0.227 e. The number of benzene rings is 1. The molecule has 0 atom stereocenters. The normalized spacial score (nSPS) is 14.6. The fourth-order valence-electron chi connectivity index (χ4n) is 2.85. The molecule has 0 radical (unpaired) electrons. The van der Waals surface area contributed by atoms with Gasteiger partial charge in [0.05, 0.1) is 12.2 Å². The summed E-state index contributed by atoms with van der Waals surface area (Å²) in [6, 6.07) is 7.93. The molecule has 1 aliphatic carbocycles. The van der Waals surface area contributed by atoms with E-state index in [1.165, 1.54) is 4.88 Å². The number of aliphatic imine (C=N–C) groups is 1. The molecule has 144 valence electrons. The van der Waals surface area contributed by atoms with Crippen LogP contribution in [0.3, 0.4) is 0 Å². The van der Waals surface area contributed by atoms with E-state index in [0.29, 0.717) is 13.1 Å². The van der Waals surface area contributed by atoms with Crippen molar-refractivity contribution in [2.24, 2.45) is 10.9 Å². The van der Waals surface area contributed by atoms with Gasteiger partial charge in [0.25, 0.3) is 0 Å². The zero-order chi connectivity index (χ0) is 19.2. The molecule has 1 amide bonds. The number of amides is 1. The molecule has 7 heteroatoms. The summed E-state index contributed by atoms with van der Waals surface area (Å²) in [6.45, 7) is 5.39. The molecule has 0 spiro atoms. The Balaban J connectivity index is 1.50. The molecule has 0 saturated heterocycles. The maximum atomic E-state index is 12.1. The lowest BCUT2D eigenvalue weighted by molar-refractivity contribution is -0.122. The Morgan fingerprint density at radius 3 is 2.67 bits per heavy atom. The minimum atomic E-state index is 0.137. The number of guanidine groups is 1. The SMILES string of the molecule is CN=C(NCc1cccc(NC(=O)C2CCC2)c1)NCc1nc(C)c(C)s1. The molecule has 1 heterocycles. The summed E-state index contributed by atoms with van der Waals surface area (Å²) >= 11 is 1.70. The summed E-state index contributed by atoms with van der Waals surface area (Å²) in [7, 11) is 1.75. The second-order valence-electron chi connectivity index (χ2n) is 6.85. The van der Waals surface area contributed by atoms with E-state index in [2.05, 4.69) is 32.9 Å². The van der Waals surface area contributed by atoms with Gasteiger partial charge in [0.2, 0.25) is 5.91 Å². The highest BCUT2D eigenvalue weighted by Crippen LogP contribution is 2.27. The average molecular weight is 386 g/mol. The smallest absolute Gasteiger partial charge is 0.227 e. The van der Waals surface area contributed by atoms with Gasteiger partial charge in [-0.25, -0.2) is 4.98 Å². The molecule has 3 rings (SSSR count). The van der Waals surface area contributed by atoms with Gasteiger partial charge in [-0.05, 0) is 44.4 Å². The van der Waals surface area contributed by atoms with Gasteiger partial charge in [0.1, 0.15) is 5.01 Å². The van der Waals surface area contributed by atoms with Crippen LogP contribution in [0.15, 0.2) is 29.3 Å². The molecule has 0 bridgehead atoms. The molecule has 1 aliphatic rings. The van der Waals surface area contributed by atoms with E-state index in [0.717, 1.165) is 47.2 Å². The summed E-state index contributed by atoms with van der Waals surface area (Å²) in [6.07, 6.45) is 3.18. The quantitative estimate of drug-likeness (QED) is 0.526. The third kappa shape index (κ3) is 5.29. The predicted molar refractivity (Wildman–Crippen MR) is 111 cm³/mol. The first-order chi connectivity index (χ1) is 13.0. The molecule has 27 heavy (non-hydrogen) atoms. The van der Waals surface area contributed by atoms with E-state index < -0.39 is 0 Å². The zero-order valence-electron chi connectivity index (χ0n) is 16.1. The predicted octanol–water partition coefficient (Wildman–Crippen LogP) is 3.36. The van der Waals surface area contributed by atoms with E-state index in [1.54, 1.807) is 18.4 Å². The Morgan fingerprint density at radius 2 is 2.04 bits per heavy atom. The molecule has 6 nitrogen and oxygen atoms in total. The van der Waals surface area contributed by atoms with Crippen LogP contribution in [0, 0.1) is 19.8 Å². The van der Waals surface area contributed by atoms with Crippen LogP contribution in [0.2, 0.25) is 0 Å². The highest BCUT2D eigenvalue weighted by molar-refractivity contribution is 7.11. The van der Waals surface area contributed by atoms with E-state index in [-0.39, 0.29) is 11.8 Å². The van der Waals surface area contributed by atoms with Crippen molar-refractivity contribution >= 4 is 28.9 Å². The number of carbonyl (C=O) groups is 1. The summed E-state index contributed by atoms with van der Waals surface area (Å²) in [5.41, 5.74) is 3.02. The standard InChI is InChI=1S/C20H27N5OS/c1-13-14(2)27-18(24-13)12-23-20(21-3)22-11-15-6-4-9-17(10-15)25-19(26)16-7-5-8-16/h4,6,9-10,16H,5,7-8,11-12H2,1-3H3,(H,25,26)(H2,21,22,23). The second-order valence-corrected chi connectivity index (χ2v) is 8.13. The van der Waals surface area contributed by atoms with Crippen molar-refractivity contribution in [2.75, 3.05) is 12.4 Å². The van der Waals surface area contributed by atoms with Gasteiger partial charge in [0.15, 0.2) is 5.96 Å². The minimum Gasteiger partial charge on any atom is -0.352 e. The van der Waals surface area contributed by atoms with E-state index >= 15 is 0 Å². The van der Waals surface area contributed by atoms with Gasteiger partial charge in [-0.15, -0.1) is 11.3 Å². The van der Waals surface area contributed by atoms with Crippen molar-refractivity contribution in [1.29, 1.82) is 0 Å².